The molecule has 17 heavy (non-hydrogen) atoms. The third kappa shape index (κ3) is 2.35. The highest BCUT2D eigenvalue weighted by Crippen LogP contribution is 2.16. The molecule has 0 fully saturated rings. The SMILES string of the molecule is CCOC(=O)c1coc(-c2ccn(CC)n2)n1. The molecule has 0 aliphatic heterocycles. The molecular weight excluding hydrogens is 222 g/mol. The first-order valence-electron chi connectivity index (χ1n) is 5.41. The zero-order valence-corrected chi connectivity index (χ0v) is 9.71. The maximum atomic E-state index is 11.4. The summed E-state index contributed by atoms with van der Waals surface area (Å²) < 4.78 is 11.8. The number of aromatic nitrogens is 3. The fourth-order valence-electron chi connectivity index (χ4n) is 1.34. The second-order valence-electron chi connectivity index (χ2n) is 3.32. The van der Waals surface area contributed by atoms with Crippen molar-refractivity contribution in [2.45, 2.75) is 20.4 Å². The summed E-state index contributed by atoms with van der Waals surface area (Å²) in [6.07, 6.45) is 3.10. The lowest BCUT2D eigenvalue weighted by Gasteiger charge is -1.94. The van der Waals surface area contributed by atoms with Crippen molar-refractivity contribution in [2.24, 2.45) is 0 Å². The van der Waals surface area contributed by atoms with Gasteiger partial charge in [0.1, 0.15) is 12.0 Å². The summed E-state index contributed by atoms with van der Waals surface area (Å²) in [6.45, 7) is 4.80. The van der Waals surface area contributed by atoms with Crippen LogP contribution in [0, 0.1) is 0 Å². The van der Waals surface area contributed by atoms with Gasteiger partial charge in [0.05, 0.1) is 6.61 Å². The van der Waals surface area contributed by atoms with Gasteiger partial charge in [0.25, 0.3) is 0 Å². The predicted octanol–water partition coefficient (Wildman–Crippen LogP) is 1.73. The van der Waals surface area contributed by atoms with Crippen molar-refractivity contribution >= 4 is 5.97 Å². The average Bonchev–Trinajstić information content (AvgIpc) is 2.98. The van der Waals surface area contributed by atoms with Gasteiger partial charge in [-0.15, -0.1) is 0 Å². The van der Waals surface area contributed by atoms with Crippen LogP contribution < -0.4 is 0 Å². The maximum absolute atomic E-state index is 11.4. The standard InChI is InChI=1S/C11H13N3O3/c1-3-14-6-5-8(13-14)10-12-9(7-17-10)11(15)16-4-2/h5-7H,3-4H2,1-2H3. The molecule has 0 aromatic carbocycles. The molecule has 0 spiro atoms. The maximum Gasteiger partial charge on any atom is 0.360 e. The molecule has 2 heterocycles. The molecule has 2 rings (SSSR count). The number of rotatable bonds is 4. The number of carbonyl (C=O) groups is 1. The molecule has 0 bridgehead atoms. The first kappa shape index (κ1) is 11.4. The van der Waals surface area contributed by atoms with Gasteiger partial charge in [-0.1, -0.05) is 0 Å². The van der Waals surface area contributed by atoms with Gasteiger partial charge in [-0.3, -0.25) is 4.68 Å². The predicted molar refractivity (Wildman–Crippen MR) is 59.4 cm³/mol. The lowest BCUT2D eigenvalue weighted by Crippen LogP contribution is -2.04. The summed E-state index contributed by atoms with van der Waals surface area (Å²) in [5.74, 6) is -0.169. The van der Waals surface area contributed by atoms with E-state index in [1.807, 2.05) is 13.1 Å². The molecule has 90 valence electrons. The lowest BCUT2D eigenvalue weighted by atomic mass is 10.4. The Morgan fingerprint density at radius 1 is 1.53 bits per heavy atom. The molecule has 0 saturated carbocycles. The zero-order valence-electron chi connectivity index (χ0n) is 9.71. The molecule has 0 aliphatic rings. The molecule has 6 heteroatoms. The van der Waals surface area contributed by atoms with Crippen LogP contribution >= 0.6 is 0 Å². The Kier molecular flexibility index (Phi) is 3.22. The van der Waals surface area contributed by atoms with Crippen molar-refractivity contribution < 1.29 is 13.9 Å². The van der Waals surface area contributed by atoms with Crippen LogP contribution in [0.5, 0.6) is 0 Å². The monoisotopic (exact) mass is 235 g/mol. The summed E-state index contributed by atoms with van der Waals surface area (Å²) in [4.78, 5) is 15.4. The Balaban J connectivity index is 2.20. The van der Waals surface area contributed by atoms with E-state index in [9.17, 15) is 4.79 Å². The second kappa shape index (κ2) is 4.82. The van der Waals surface area contributed by atoms with E-state index in [2.05, 4.69) is 10.1 Å². The number of esters is 1. The largest absolute Gasteiger partial charge is 0.461 e. The Labute approximate surface area is 98.2 Å². The van der Waals surface area contributed by atoms with Gasteiger partial charge in [-0.25, -0.2) is 9.78 Å². The van der Waals surface area contributed by atoms with Crippen molar-refractivity contribution in [2.75, 3.05) is 6.61 Å². The Morgan fingerprint density at radius 3 is 3.00 bits per heavy atom. The highest BCUT2D eigenvalue weighted by molar-refractivity contribution is 5.87. The van der Waals surface area contributed by atoms with Gasteiger partial charge in [-0.05, 0) is 19.9 Å². The summed E-state index contributed by atoms with van der Waals surface area (Å²) in [7, 11) is 0. The number of ether oxygens (including phenoxy) is 1. The van der Waals surface area contributed by atoms with E-state index in [1.54, 1.807) is 17.7 Å². The van der Waals surface area contributed by atoms with Gasteiger partial charge >= 0.3 is 5.97 Å². The highest BCUT2D eigenvalue weighted by atomic mass is 16.5. The fraction of sp³-hybridized carbons (Fsp3) is 0.364. The smallest absolute Gasteiger partial charge is 0.360 e. The molecule has 2 aromatic heterocycles. The van der Waals surface area contributed by atoms with Gasteiger partial charge in [0.2, 0.25) is 5.89 Å². The van der Waals surface area contributed by atoms with Crippen LogP contribution in [0.4, 0.5) is 0 Å². The molecule has 2 aromatic rings. The minimum absolute atomic E-state index is 0.160. The van der Waals surface area contributed by atoms with E-state index < -0.39 is 5.97 Å². The Bertz CT molecular complexity index is 516. The molecule has 0 N–H and O–H groups in total. The van der Waals surface area contributed by atoms with Crippen LogP contribution in [-0.4, -0.2) is 27.3 Å². The first-order valence-corrected chi connectivity index (χ1v) is 5.41. The Morgan fingerprint density at radius 2 is 2.35 bits per heavy atom. The third-order valence-electron chi connectivity index (χ3n) is 2.17. The fourth-order valence-corrected chi connectivity index (χ4v) is 1.34. The Hall–Kier alpha value is -2.11. The molecule has 0 radical (unpaired) electrons. The number of hydrogen-bond acceptors (Lipinski definition) is 5. The van der Waals surface area contributed by atoms with Crippen molar-refractivity contribution in [1.82, 2.24) is 14.8 Å². The molecule has 0 unspecified atom stereocenters. The topological polar surface area (TPSA) is 70.2 Å². The summed E-state index contributed by atoms with van der Waals surface area (Å²) >= 11 is 0. The second-order valence-corrected chi connectivity index (χ2v) is 3.32. The van der Waals surface area contributed by atoms with Crippen molar-refractivity contribution in [1.29, 1.82) is 0 Å². The first-order chi connectivity index (χ1) is 8.24. The van der Waals surface area contributed by atoms with Gasteiger partial charge < -0.3 is 9.15 Å². The lowest BCUT2D eigenvalue weighted by molar-refractivity contribution is 0.0519. The normalized spacial score (nSPS) is 10.5. The van der Waals surface area contributed by atoms with E-state index in [0.29, 0.717) is 18.2 Å². The molecule has 6 nitrogen and oxygen atoms in total. The summed E-state index contributed by atoms with van der Waals surface area (Å²) in [5.41, 5.74) is 0.760. The third-order valence-corrected chi connectivity index (χ3v) is 2.17. The van der Waals surface area contributed by atoms with E-state index in [-0.39, 0.29) is 5.69 Å². The average molecular weight is 235 g/mol. The van der Waals surface area contributed by atoms with E-state index >= 15 is 0 Å². The van der Waals surface area contributed by atoms with E-state index in [1.165, 1.54) is 6.26 Å². The van der Waals surface area contributed by atoms with Crippen molar-refractivity contribution in [3.8, 4) is 11.6 Å². The molecule has 0 aliphatic carbocycles. The molecular formula is C11H13N3O3. The number of nitrogens with zero attached hydrogens (tertiary/aromatic N) is 3. The van der Waals surface area contributed by atoms with Gasteiger partial charge in [0.15, 0.2) is 5.69 Å². The minimum Gasteiger partial charge on any atom is -0.461 e. The van der Waals surface area contributed by atoms with E-state index in [0.717, 1.165) is 6.54 Å². The van der Waals surface area contributed by atoms with Crippen LogP contribution in [-0.2, 0) is 11.3 Å². The molecule has 0 atom stereocenters. The minimum atomic E-state index is -0.488. The van der Waals surface area contributed by atoms with E-state index in [4.69, 9.17) is 9.15 Å². The number of oxazole rings is 1. The van der Waals surface area contributed by atoms with Crippen molar-refractivity contribution in [3.63, 3.8) is 0 Å². The molecule has 0 saturated heterocycles. The zero-order chi connectivity index (χ0) is 12.3. The number of hydrogen-bond donors (Lipinski definition) is 0. The quantitative estimate of drug-likeness (QED) is 0.755. The van der Waals surface area contributed by atoms with Crippen LogP contribution in [0.15, 0.2) is 22.9 Å². The number of carbonyl (C=O) groups excluding carboxylic acids is 1. The summed E-state index contributed by atoms with van der Waals surface area (Å²) in [5, 5.41) is 4.23. The van der Waals surface area contributed by atoms with Crippen molar-refractivity contribution in [3.05, 3.63) is 24.2 Å². The van der Waals surface area contributed by atoms with Crippen LogP contribution in [0.3, 0.4) is 0 Å². The van der Waals surface area contributed by atoms with Crippen LogP contribution in [0.1, 0.15) is 24.3 Å². The van der Waals surface area contributed by atoms with Crippen LogP contribution in [0.2, 0.25) is 0 Å². The van der Waals surface area contributed by atoms with Gasteiger partial charge in [0, 0.05) is 12.7 Å². The molecule has 0 amide bonds. The van der Waals surface area contributed by atoms with Crippen LogP contribution in [0.25, 0.3) is 11.6 Å². The highest BCUT2D eigenvalue weighted by Gasteiger charge is 2.15. The number of aryl methyl sites for hydroxylation is 1. The summed E-state index contributed by atoms with van der Waals surface area (Å²) in [6, 6.07) is 1.78. The van der Waals surface area contributed by atoms with Gasteiger partial charge in [-0.2, -0.15) is 5.10 Å².